The fourth-order valence-corrected chi connectivity index (χ4v) is 3.90. The minimum absolute atomic E-state index is 0.191. The standard InChI is InChI=1S/C19H21BFNO4/c1-19(18(23)24)13(5-4-7-20(25)26)9-12-10-16(21)14(11-15(12)19)17-6-2-3-8-22-17/h2-3,6,8,10-11,13,25-26H,4-5,7,9H2,1H3,(H,23,24)/t13-,19-/m0/s1. The fraction of sp³-hybridized carbons (Fsp3) is 0.368. The number of halogens is 1. The van der Waals surface area contributed by atoms with E-state index in [0.717, 1.165) is 0 Å². The van der Waals surface area contributed by atoms with Crippen LogP contribution in [-0.2, 0) is 16.6 Å². The first-order valence-corrected chi connectivity index (χ1v) is 8.68. The third-order valence-electron chi connectivity index (χ3n) is 5.44. The molecule has 26 heavy (non-hydrogen) atoms. The minimum Gasteiger partial charge on any atom is -0.481 e. The monoisotopic (exact) mass is 357 g/mol. The van der Waals surface area contributed by atoms with Crippen LogP contribution >= 0.6 is 0 Å². The predicted octanol–water partition coefficient (Wildman–Crippen LogP) is 2.66. The molecule has 0 spiro atoms. The molecule has 136 valence electrons. The highest BCUT2D eigenvalue weighted by atomic mass is 19.1. The van der Waals surface area contributed by atoms with Gasteiger partial charge in [0.05, 0.1) is 11.1 Å². The summed E-state index contributed by atoms with van der Waals surface area (Å²) in [5, 5.41) is 28.0. The number of aromatic nitrogens is 1. The molecule has 2 aromatic rings. The summed E-state index contributed by atoms with van der Waals surface area (Å²) in [6, 6.07) is 8.22. The zero-order valence-corrected chi connectivity index (χ0v) is 14.5. The number of carbonyl (C=O) groups is 1. The maximum atomic E-state index is 14.6. The van der Waals surface area contributed by atoms with Gasteiger partial charge < -0.3 is 15.2 Å². The first-order chi connectivity index (χ1) is 12.3. The second-order valence-corrected chi connectivity index (χ2v) is 7.02. The van der Waals surface area contributed by atoms with Gasteiger partial charge in [0.25, 0.3) is 0 Å². The molecule has 3 rings (SSSR count). The molecule has 2 atom stereocenters. The summed E-state index contributed by atoms with van der Waals surface area (Å²) in [5.74, 6) is -1.60. The summed E-state index contributed by atoms with van der Waals surface area (Å²) < 4.78 is 14.6. The molecule has 1 heterocycles. The molecule has 7 heteroatoms. The molecular weight excluding hydrogens is 336 g/mol. The Morgan fingerprint density at radius 3 is 2.77 bits per heavy atom. The summed E-state index contributed by atoms with van der Waals surface area (Å²) in [6.07, 6.45) is 3.24. The van der Waals surface area contributed by atoms with Crippen molar-refractivity contribution in [2.75, 3.05) is 0 Å². The Morgan fingerprint density at radius 1 is 1.38 bits per heavy atom. The van der Waals surface area contributed by atoms with Crippen LogP contribution in [0.1, 0.15) is 30.9 Å². The Bertz CT molecular complexity index is 815. The normalized spacial score (nSPS) is 21.5. The van der Waals surface area contributed by atoms with Gasteiger partial charge in [-0.05, 0) is 67.4 Å². The van der Waals surface area contributed by atoms with Crippen molar-refractivity contribution in [3.8, 4) is 11.3 Å². The Morgan fingerprint density at radius 2 is 2.15 bits per heavy atom. The average molecular weight is 357 g/mol. The van der Waals surface area contributed by atoms with E-state index in [0.29, 0.717) is 41.6 Å². The second-order valence-electron chi connectivity index (χ2n) is 7.02. The molecule has 0 bridgehead atoms. The number of carboxylic acids is 1. The highest BCUT2D eigenvalue weighted by Crippen LogP contribution is 2.47. The minimum atomic E-state index is -1.40. The molecule has 5 nitrogen and oxygen atoms in total. The van der Waals surface area contributed by atoms with Gasteiger partial charge in [-0.15, -0.1) is 0 Å². The van der Waals surface area contributed by atoms with E-state index >= 15 is 0 Å². The van der Waals surface area contributed by atoms with Crippen LogP contribution in [0.2, 0.25) is 6.32 Å². The number of rotatable bonds is 6. The third-order valence-corrected chi connectivity index (χ3v) is 5.44. The van der Waals surface area contributed by atoms with E-state index in [2.05, 4.69) is 4.98 Å². The smallest absolute Gasteiger partial charge is 0.451 e. The number of pyridine rings is 1. The van der Waals surface area contributed by atoms with Crippen molar-refractivity contribution >= 4 is 13.1 Å². The van der Waals surface area contributed by atoms with Crippen LogP contribution < -0.4 is 0 Å². The fourth-order valence-electron chi connectivity index (χ4n) is 3.90. The van der Waals surface area contributed by atoms with E-state index in [1.54, 1.807) is 37.4 Å². The number of aliphatic carboxylic acids is 1. The zero-order chi connectivity index (χ0) is 18.9. The van der Waals surface area contributed by atoms with Crippen LogP contribution in [-0.4, -0.2) is 33.2 Å². The van der Waals surface area contributed by atoms with Gasteiger partial charge in [0.15, 0.2) is 0 Å². The molecule has 0 amide bonds. The quantitative estimate of drug-likeness (QED) is 0.692. The molecule has 1 aliphatic rings. The van der Waals surface area contributed by atoms with Crippen molar-refractivity contribution in [3.63, 3.8) is 0 Å². The molecule has 1 aromatic carbocycles. The molecule has 3 N–H and O–H groups in total. The van der Waals surface area contributed by atoms with Crippen LogP contribution in [0, 0.1) is 11.7 Å². The maximum Gasteiger partial charge on any atom is 0.451 e. The highest BCUT2D eigenvalue weighted by Gasteiger charge is 2.49. The first-order valence-electron chi connectivity index (χ1n) is 8.68. The molecular formula is C19H21BFNO4. The van der Waals surface area contributed by atoms with Crippen LogP contribution in [0.25, 0.3) is 11.3 Å². The average Bonchev–Trinajstić information content (AvgIpc) is 2.87. The topological polar surface area (TPSA) is 90.7 Å². The van der Waals surface area contributed by atoms with Crippen molar-refractivity contribution < 1.29 is 24.3 Å². The molecule has 0 saturated heterocycles. The molecule has 0 radical (unpaired) electrons. The lowest BCUT2D eigenvalue weighted by Crippen LogP contribution is -2.37. The van der Waals surface area contributed by atoms with Crippen LogP contribution in [0.3, 0.4) is 0 Å². The first kappa shape index (κ1) is 18.5. The molecule has 0 aliphatic heterocycles. The van der Waals surface area contributed by atoms with Gasteiger partial charge in [0, 0.05) is 11.8 Å². The number of hydrogen-bond donors (Lipinski definition) is 3. The van der Waals surface area contributed by atoms with Gasteiger partial charge in [-0.25, -0.2) is 4.39 Å². The van der Waals surface area contributed by atoms with Gasteiger partial charge in [0.1, 0.15) is 5.82 Å². The molecule has 1 aliphatic carbocycles. The van der Waals surface area contributed by atoms with Gasteiger partial charge >= 0.3 is 13.1 Å². The Labute approximate surface area is 151 Å². The second kappa shape index (κ2) is 7.17. The maximum absolute atomic E-state index is 14.6. The largest absolute Gasteiger partial charge is 0.481 e. The number of fused-ring (bicyclic) bond motifs is 1. The Balaban J connectivity index is 2.00. The van der Waals surface area contributed by atoms with Crippen molar-refractivity contribution in [1.29, 1.82) is 0 Å². The number of hydrogen-bond acceptors (Lipinski definition) is 4. The van der Waals surface area contributed by atoms with Crippen molar-refractivity contribution in [3.05, 3.63) is 53.5 Å². The molecule has 0 unspecified atom stereocenters. The predicted molar refractivity (Wildman–Crippen MR) is 96.0 cm³/mol. The number of benzene rings is 1. The number of nitrogens with zero attached hydrogens (tertiary/aromatic N) is 1. The van der Waals surface area contributed by atoms with Crippen LogP contribution in [0.4, 0.5) is 4.39 Å². The molecule has 0 saturated carbocycles. The highest BCUT2D eigenvalue weighted by molar-refractivity contribution is 6.40. The zero-order valence-electron chi connectivity index (χ0n) is 14.5. The van der Waals surface area contributed by atoms with Gasteiger partial charge in [-0.3, -0.25) is 9.78 Å². The van der Waals surface area contributed by atoms with Gasteiger partial charge in [-0.1, -0.05) is 12.5 Å². The lowest BCUT2D eigenvalue weighted by molar-refractivity contribution is -0.145. The van der Waals surface area contributed by atoms with E-state index in [-0.39, 0.29) is 12.2 Å². The Kier molecular flexibility index (Phi) is 5.11. The Hall–Kier alpha value is -2.25. The van der Waals surface area contributed by atoms with E-state index in [1.165, 1.54) is 6.07 Å². The summed E-state index contributed by atoms with van der Waals surface area (Å²) in [4.78, 5) is 16.3. The molecule has 0 fully saturated rings. The summed E-state index contributed by atoms with van der Waals surface area (Å²) in [6.45, 7) is 1.67. The lowest BCUT2D eigenvalue weighted by Gasteiger charge is -2.28. The van der Waals surface area contributed by atoms with Crippen molar-refractivity contribution in [2.24, 2.45) is 5.92 Å². The SMILES string of the molecule is C[C@@]1(C(=O)O)c2cc(-c3ccccn3)c(F)cc2C[C@@H]1CCCB(O)O. The van der Waals surface area contributed by atoms with E-state index in [1.807, 2.05) is 0 Å². The van der Waals surface area contributed by atoms with E-state index < -0.39 is 24.3 Å². The van der Waals surface area contributed by atoms with Crippen LogP contribution in [0.15, 0.2) is 36.5 Å². The molecule has 1 aromatic heterocycles. The van der Waals surface area contributed by atoms with Crippen molar-refractivity contribution in [2.45, 2.75) is 37.9 Å². The summed E-state index contributed by atoms with van der Waals surface area (Å²) >= 11 is 0. The van der Waals surface area contributed by atoms with Crippen LogP contribution in [0.5, 0.6) is 0 Å². The summed E-state index contributed by atoms with van der Waals surface area (Å²) in [7, 11) is -1.40. The van der Waals surface area contributed by atoms with E-state index in [4.69, 9.17) is 10.0 Å². The lowest BCUT2D eigenvalue weighted by atomic mass is 9.72. The summed E-state index contributed by atoms with van der Waals surface area (Å²) in [5.41, 5.74) is 0.923. The van der Waals surface area contributed by atoms with E-state index in [9.17, 15) is 14.3 Å². The van der Waals surface area contributed by atoms with Gasteiger partial charge in [-0.2, -0.15) is 0 Å². The third kappa shape index (κ3) is 3.24. The van der Waals surface area contributed by atoms with Crippen molar-refractivity contribution in [1.82, 2.24) is 4.98 Å². The van der Waals surface area contributed by atoms with Gasteiger partial charge in [0.2, 0.25) is 0 Å². The number of carboxylic acid groups (broad SMARTS) is 1.